The molecule has 0 saturated carbocycles. The number of rotatable bonds is 2. The minimum atomic E-state index is 0. The van der Waals surface area contributed by atoms with Crippen LogP contribution in [0.3, 0.4) is 0 Å². The van der Waals surface area contributed by atoms with Gasteiger partial charge in [-0.1, -0.05) is 0 Å². The van der Waals surface area contributed by atoms with Gasteiger partial charge in [0.25, 0.3) is 0 Å². The Hall–Kier alpha value is 0.0531. The van der Waals surface area contributed by atoms with E-state index in [4.69, 9.17) is 5.73 Å². The molecule has 1 aromatic rings. The molecule has 0 saturated heterocycles. The van der Waals surface area contributed by atoms with Gasteiger partial charge >= 0.3 is 0 Å². The van der Waals surface area contributed by atoms with Crippen molar-refractivity contribution in [2.24, 2.45) is 5.73 Å². The summed E-state index contributed by atoms with van der Waals surface area (Å²) in [4.78, 5) is 6.82. The first-order valence-corrected chi connectivity index (χ1v) is 2.61. The summed E-state index contributed by atoms with van der Waals surface area (Å²) in [6.07, 6.45) is 4.38. The molecule has 0 spiro atoms. The number of hydrogen-bond acceptors (Lipinski definition) is 2. The van der Waals surface area contributed by atoms with Crippen LogP contribution in [0.4, 0.5) is 0 Å². The molecule has 0 unspecified atom stereocenters. The number of aromatic nitrogens is 2. The third kappa shape index (κ3) is 2.92. The van der Waals surface area contributed by atoms with Gasteiger partial charge in [-0.05, 0) is 6.54 Å². The molecule has 1 aromatic heterocycles. The van der Waals surface area contributed by atoms with Crippen LogP contribution >= 0.6 is 0 Å². The Morgan fingerprint density at radius 1 is 1.67 bits per heavy atom. The van der Waals surface area contributed by atoms with Crippen LogP contribution in [-0.2, 0) is 32.6 Å². The SMILES string of the molecule is NCCc1c[nH]cn1.[Zr]. The number of nitrogens with two attached hydrogens (primary N) is 1. The van der Waals surface area contributed by atoms with E-state index in [-0.39, 0.29) is 26.2 Å². The van der Waals surface area contributed by atoms with E-state index in [9.17, 15) is 0 Å². The van der Waals surface area contributed by atoms with Crippen LogP contribution in [0.5, 0.6) is 0 Å². The van der Waals surface area contributed by atoms with Crippen LogP contribution in [0.1, 0.15) is 5.69 Å². The van der Waals surface area contributed by atoms with Gasteiger partial charge in [-0.3, -0.25) is 0 Å². The van der Waals surface area contributed by atoms with Gasteiger partial charge in [0.1, 0.15) is 0 Å². The van der Waals surface area contributed by atoms with Crippen molar-refractivity contribution in [3.63, 3.8) is 0 Å². The summed E-state index contributed by atoms with van der Waals surface area (Å²) < 4.78 is 0. The van der Waals surface area contributed by atoms with E-state index in [1.807, 2.05) is 6.20 Å². The maximum absolute atomic E-state index is 5.27. The largest absolute Gasteiger partial charge is 0.351 e. The van der Waals surface area contributed by atoms with Crippen LogP contribution in [0.15, 0.2) is 12.5 Å². The number of nitrogens with zero attached hydrogens (tertiary/aromatic N) is 1. The van der Waals surface area contributed by atoms with E-state index in [1.54, 1.807) is 6.33 Å². The number of aromatic amines is 1. The Balaban J connectivity index is 0.000000640. The number of hydrogen-bond donors (Lipinski definition) is 2. The summed E-state index contributed by atoms with van der Waals surface area (Å²) in [5.74, 6) is 0. The predicted octanol–water partition coefficient (Wildman–Crippen LogP) is -0.0916. The Morgan fingerprint density at radius 2 is 2.44 bits per heavy atom. The van der Waals surface area contributed by atoms with E-state index in [0.29, 0.717) is 6.54 Å². The second-order valence-electron chi connectivity index (χ2n) is 1.60. The molecule has 0 amide bonds. The number of nitrogens with one attached hydrogen (secondary N) is 1. The molecule has 48 valence electrons. The van der Waals surface area contributed by atoms with E-state index in [0.717, 1.165) is 12.1 Å². The van der Waals surface area contributed by atoms with Gasteiger partial charge in [-0.2, -0.15) is 0 Å². The van der Waals surface area contributed by atoms with E-state index in [1.165, 1.54) is 0 Å². The molecule has 4 heteroatoms. The van der Waals surface area contributed by atoms with Crippen molar-refractivity contribution in [2.75, 3.05) is 6.54 Å². The minimum absolute atomic E-state index is 0. The third-order valence-electron chi connectivity index (χ3n) is 0.955. The maximum atomic E-state index is 5.27. The van der Waals surface area contributed by atoms with Gasteiger partial charge < -0.3 is 10.7 Å². The first-order valence-electron chi connectivity index (χ1n) is 2.61. The van der Waals surface area contributed by atoms with E-state index < -0.39 is 0 Å². The zero-order chi connectivity index (χ0) is 5.82. The minimum Gasteiger partial charge on any atom is -0.351 e. The maximum Gasteiger partial charge on any atom is 0.0923 e. The summed E-state index contributed by atoms with van der Waals surface area (Å²) >= 11 is 0. The molecule has 0 aliphatic carbocycles. The fourth-order valence-electron chi connectivity index (χ4n) is 0.576. The van der Waals surface area contributed by atoms with Gasteiger partial charge in [0.2, 0.25) is 0 Å². The molecule has 9 heavy (non-hydrogen) atoms. The predicted molar refractivity (Wildman–Crippen MR) is 31.3 cm³/mol. The second-order valence-corrected chi connectivity index (χ2v) is 1.60. The Bertz CT molecular complexity index is 138. The Kier molecular flexibility index (Phi) is 4.92. The van der Waals surface area contributed by atoms with Crippen LogP contribution in [-0.4, -0.2) is 16.5 Å². The van der Waals surface area contributed by atoms with Crippen molar-refractivity contribution in [3.05, 3.63) is 18.2 Å². The summed E-state index contributed by atoms with van der Waals surface area (Å²) in [6, 6.07) is 0. The van der Waals surface area contributed by atoms with Gasteiger partial charge in [0, 0.05) is 38.8 Å². The topological polar surface area (TPSA) is 54.7 Å². The molecule has 1 heterocycles. The van der Waals surface area contributed by atoms with Crippen LogP contribution in [0.25, 0.3) is 0 Å². The molecule has 0 aliphatic rings. The molecule has 0 aliphatic heterocycles. The van der Waals surface area contributed by atoms with Crippen molar-refractivity contribution >= 4 is 0 Å². The summed E-state index contributed by atoms with van der Waals surface area (Å²) in [6.45, 7) is 0.671. The standard InChI is InChI=1S/C5H9N3.Zr/c6-2-1-5-3-7-4-8-5;/h3-4H,1-2,6H2,(H,7,8);. The smallest absolute Gasteiger partial charge is 0.0923 e. The molecule has 0 atom stereocenters. The Morgan fingerprint density at radius 3 is 2.89 bits per heavy atom. The molecule has 0 fully saturated rings. The van der Waals surface area contributed by atoms with Gasteiger partial charge in [0.05, 0.1) is 12.0 Å². The van der Waals surface area contributed by atoms with Crippen LogP contribution < -0.4 is 5.73 Å². The molecule has 0 bridgehead atoms. The van der Waals surface area contributed by atoms with Crippen LogP contribution in [0.2, 0.25) is 0 Å². The molecular weight excluding hydrogens is 193 g/mol. The fourth-order valence-corrected chi connectivity index (χ4v) is 0.576. The first kappa shape index (κ1) is 9.05. The monoisotopic (exact) mass is 201 g/mol. The number of imidazole rings is 1. The fraction of sp³-hybridized carbons (Fsp3) is 0.400. The summed E-state index contributed by atoms with van der Waals surface area (Å²) in [5.41, 5.74) is 6.30. The Labute approximate surface area is 73.2 Å². The number of H-pyrrole nitrogens is 1. The molecule has 0 aromatic carbocycles. The van der Waals surface area contributed by atoms with E-state index in [2.05, 4.69) is 9.97 Å². The van der Waals surface area contributed by atoms with Gasteiger partial charge in [-0.25, -0.2) is 4.98 Å². The second kappa shape index (κ2) is 4.89. The zero-order valence-corrected chi connectivity index (χ0v) is 7.55. The normalized spacial score (nSPS) is 8.56. The van der Waals surface area contributed by atoms with Crippen molar-refractivity contribution in [2.45, 2.75) is 6.42 Å². The first-order chi connectivity index (χ1) is 3.93. The average Bonchev–Trinajstić information content (AvgIpc) is 2.19. The molecule has 0 radical (unpaired) electrons. The molecule has 1 rings (SSSR count). The summed E-state index contributed by atoms with van der Waals surface area (Å²) in [5, 5.41) is 0. The van der Waals surface area contributed by atoms with Gasteiger partial charge in [-0.15, -0.1) is 0 Å². The quantitative estimate of drug-likeness (QED) is 0.704. The average molecular weight is 202 g/mol. The van der Waals surface area contributed by atoms with Gasteiger partial charge in [0.15, 0.2) is 0 Å². The summed E-state index contributed by atoms with van der Waals surface area (Å²) in [7, 11) is 0. The molecule has 3 nitrogen and oxygen atoms in total. The van der Waals surface area contributed by atoms with E-state index >= 15 is 0 Å². The third-order valence-corrected chi connectivity index (χ3v) is 0.955. The molecular formula is C5H9N3Zr. The van der Waals surface area contributed by atoms with Crippen molar-refractivity contribution < 1.29 is 26.2 Å². The van der Waals surface area contributed by atoms with Crippen molar-refractivity contribution in [1.82, 2.24) is 9.97 Å². The van der Waals surface area contributed by atoms with Crippen LogP contribution in [0, 0.1) is 0 Å². The van der Waals surface area contributed by atoms with Crippen molar-refractivity contribution in [3.8, 4) is 0 Å². The molecule has 3 N–H and O–H groups in total. The van der Waals surface area contributed by atoms with Crippen molar-refractivity contribution in [1.29, 1.82) is 0 Å². The zero-order valence-electron chi connectivity index (χ0n) is 5.09.